The van der Waals surface area contributed by atoms with Crippen molar-refractivity contribution in [3.05, 3.63) is 18.7 Å². The molecule has 0 unspecified atom stereocenters. The van der Waals surface area contributed by atoms with Gasteiger partial charge in [-0.1, -0.05) is 0 Å². The molecular weight excluding hydrogens is 294 g/mol. The fourth-order valence-corrected chi connectivity index (χ4v) is 3.32. The predicted octanol–water partition coefficient (Wildman–Crippen LogP) is 0.950. The highest BCUT2D eigenvalue weighted by atomic mass is 16.5. The summed E-state index contributed by atoms with van der Waals surface area (Å²) in [7, 11) is 0. The summed E-state index contributed by atoms with van der Waals surface area (Å²) >= 11 is 0. The van der Waals surface area contributed by atoms with E-state index < -0.39 is 0 Å². The first kappa shape index (κ1) is 16.3. The van der Waals surface area contributed by atoms with Gasteiger partial charge in [0.15, 0.2) is 0 Å². The van der Waals surface area contributed by atoms with Crippen LogP contribution < -0.4 is 5.32 Å². The van der Waals surface area contributed by atoms with E-state index in [1.165, 1.54) is 0 Å². The first-order chi connectivity index (χ1) is 11.2. The molecule has 2 aliphatic rings. The van der Waals surface area contributed by atoms with Gasteiger partial charge in [0.25, 0.3) is 0 Å². The molecule has 0 aromatic carbocycles. The minimum Gasteiger partial charge on any atom is -0.381 e. The molecular formula is C16H27N5O2. The van der Waals surface area contributed by atoms with Crippen LogP contribution in [0.3, 0.4) is 0 Å². The van der Waals surface area contributed by atoms with Gasteiger partial charge in [-0.15, -0.1) is 0 Å². The molecule has 0 saturated carbocycles. The lowest BCUT2D eigenvalue weighted by atomic mass is 10.1. The van der Waals surface area contributed by atoms with E-state index in [-0.39, 0.29) is 12.1 Å². The van der Waals surface area contributed by atoms with E-state index in [2.05, 4.69) is 22.1 Å². The van der Waals surface area contributed by atoms with Crippen molar-refractivity contribution in [2.75, 3.05) is 45.9 Å². The molecule has 0 bridgehead atoms. The van der Waals surface area contributed by atoms with E-state index in [4.69, 9.17) is 4.74 Å². The van der Waals surface area contributed by atoms with Crippen molar-refractivity contribution in [3.63, 3.8) is 0 Å². The monoisotopic (exact) mass is 321 g/mol. The topological polar surface area (TPSA) is 62.6 Å². The second kappa shape index (κ2) is 7.79. The summed E-state index contributed by atoms with van der Waals surface area (Å²) in [6, 6.07) is 0.892. The smallest absolute Gasteiger partial charge is 0.317 e. The molecule has 0 spiro atoms. The van der Waals surface area contributed by atoms with Crippen molar-refractivity contribution < 1.29 is 9.53 Å². The molecule has 7 nitrogen and oxygen atoms in total. The molecule has 2 saturated heterocycles. The van der Waals surface area contributed by atoms with Gasteiger partial charge < -0.3 is 19.5 Å². The predicted molar refractivity (Wildman–Crippen MR) is 87.3 cm³/mol. The van der Waals surface area contributed by atoms with Gasteiger partial charge in [-0.3, -0.25) is 4.90 Å². The molecule has 7 heteroatoms. The van der Waals surface area contributed by atoms with Crippen LogP contribution in [-0.2, 0) is 4.74 Å². The summed E-state index contributed by atoms with van der Waals surface area (Å²) in [6.07, 6.45) is 7.70. The normalized spacial score (nSPS) is 22.0. The molecule has 0 aliphatic carbocycles. The number of nitrogens with one attached hydrogen (secondary N) is 1. The van der Waals surface area contributed by atoms with Crippen LogP contribution in [0.2, 0.25) is 0 Å². The molecule has 128 valence electrons. The lowest BCUT2D eigenvalue weighted by Crippen LogP contribution is -2.55. The standard InChI is InChI=1S/C16H27N5O2/c1-14(21-5-4-17-13-21)12-18-16(22)20-8-6-19(7-9-20)15-2-10-23-11-3-15/h4-5,13-15H,2-3,6-12H2,1H3,(H,18,22)/t14-/m1/s1. The van der Waals surface area contributed by atoms with Crippen LogP contribution in [-0.4, -0.2) is 77.4 Å². The van der Waals surface area contributed by atoms with Gasteiger partial charge in [0.05, 0.1) is 6.33 Å². The Bertz CT molecular complexity index is 479. The highest BCUT2D eigenvalue weighted by Crippen LogP contribution is 2.16. The summed E-state index contributed by atoms with van der Waals surface area (Å²) in [5.41, 5.74) is 0. The zero-order valence-corrected chi connectivity index (χ0v) is 13.9. The molecule has 3 heterocycles. The Balaban J connectivity index is 1.39. The third-order valence-corrected chi connectivity index (χ3v) is 4.89. The first-order valence-corrected chi connectivity index (χ1v) is 8.56. The van der Waals surface area contributed by atoms with Gasteiger partial charge in [0, 0.05) is 70.4 Å². The molecule has 23 heavy (non-hydrogen) atoms. The van der Waals surface area contributed by atoms with Crippen LogP contribution in [0.1, 0.15) is 25.8 Å². The quantitative estimate of drug-likeness (QED) is 0.897. The van der Waals surface area contributed by atoms with Crippen molar-refractivity contribution in [2.45, 2.75) is 31.8 Å². The molecule has 2 aliphatic heterocycles. The second-order valence-electron chi connectivity index (χ2n) is 6.41. The number of amides is 2. The largest absolute Gasteiger partial charge is 0.381 e. The van der Waals surface area contributed by atoms with E-state index in [1.54, 1.807) is 12.5 Å². The number of imidazole rings is 1. The number of nitrogens with zero attached hydrogens (tertiary/aromatic N) is 4. The molecule has 2 fully saturated rings. The second-order valence-corrected chi connectivity index (χ2v) is 6.41. The number of aromatic nitrogens is 2. The van der Waals surface area contributed by atoms with Crippen LogP contribution in [0.15, 0.2) is 18.7 Å². The number of carbonyl (C=O) groups is 1. The Hall–Kier alpha value is -1.60. The van der Waals surface area contributed by atoms with Crippen molar-refractivity contribution in [3.8, 4) is 0 Å². The fraction of sp³-hybridized carbons (Fsp3) is 0.750. The van der Waals surface area contributed by atoms with Crippen molar-refractivity contribution >= 4 is 6.03 Å². The number of hydrogen-bond donors (Lipinski definition) is 1. The minimum atomic E-state index is 0.0450. The number of urea groups is 1. The van der Waals surface area contributed by atoms with Crippen LogP contribution in [0, 0.1) is 0 Å². The van der Waals surface area contributed by atoms with Crippen molar-refractivity contribution in [1.82, 2.24) is 24.7 Å². The van der Waals surface area contributed by atoms with Gasteiger partial charge in [0.2, 0.25) is 0 Å². The molecule has 0 radical (unpaired) electrons. The van der Waals surface area contributed by atoms with Crippen LogP contribution in [0.5, 0.6) is 0 Å². The van der Waals surface area contributed by atoms with Gasteiger partial charge >= 0.3 is 6.03 Å². The van der Waals surface area contributed by atoms with Gasteiger partial charge in [-0.25, -0.2) is 9.78 Å². The summed E-state index contributed by atoms with van der Waals surface area (Å²) in [6.45, 7) is 7.99. The van der Waals surface area contributed by atoms with E-state index in [0.29, 0.717) is 12.6 Å². The van der Waals surface area contributed by atoms with Gasteiger partial charge in [-0.05, 0) is 19.8 Å². The number of ether oxygens (including phenoxy) is 1. The van der Waals surface area contributed by atoms with Crippen LogP contribution in [0.25, 0.3) is 0 Å². The Labute approximate surface area is 137 Å². The highest BCUT2D eigenvalue weighted by molar-refractivity contribution is 5.74. The zero-order valence-electron chi connectivity index (χ0n) is 13.9. The molecule has 3 rings (SSSR count). The van der Waals surface area contributed by atoms with E-state index in [1.807, 2.05) is 15.7 Å². The third-order valence-electron chi connectivity index (χ3n) is 4.89. The summed E-state index contributed by atoms with van der Waals surface area (Å²) in [5, 5.41) is 3.03. The van der Waals surface area contributed by atoms with Crippen molar-refractivity contribution in [1.29, 1.82) is 0 Å². The van der Waals surface area contributed by atoms with E-state index in [9.17, 15) is 4.79 Å². The number of carbonyl (C=O) groups excluding carboxylic acids is 1. The molecule has 1 aromatic heterocycles. The third kappa shape index (κ3) is 4.23. The van der Waals surface area contributed by atoms with Crippen LogP contribution in [0.4, 0.5) is 4.79 Å². The average Bonchev–Trinajstić information content (AvgIpc) is 3.15. The highest BCUT2D eigenvalue weighted by Gasteiger charge is 2.27. The maximum Gasteiger partial charge on any atom is 0.317 e. The Kier molecular flexibility index (Phi) is 5.51. The lowest BCUT2D eigenvalue weighted by Gasteiger charge is -2.40. The molecule has 1 N–H and O–H groups in total. The van der Waals surface area contributed by atoms with Crippen molar-refractivity contribution in [2.24, 2.45) is 0 Å². The SMILES string of the molecule is C[C@H](CNC(=O)N1CCN(C2CCOCC2)CC1)n1ccnc1. The zero-order chi connectivity index (χ0) is 16.1. The molecule has 1 aromatic rings. The van der Waals surface area contributed by atoms with Crippen LogP contribution >= 0.6 is 0 Å². The summed E-state index contributed by atoms with van der Waals surface area (Å²) in [5.74, 6) is 0. The fourth-order valence-electron chi connectivity index (χ4n) is 3.32. The Morgan fingerprint density at radius 3 is 2.70 bits per heavy atom. The molecule has 2 amide bonds. The van der Waals surface area contributed by atoms with E-state index >= 15 is 0 Å². The average molecular weight is 321 g/mol. The Morgan fingerprint density at radius 2 is 2.04 bits per heavy atom. The maximum atomic E-state index is 12.3. The molecule has 1 atom stereocenters. The minimum absolute atomic E-state index is 0.0450. The summed E-state index contributed by atoms with van der Waals surface area (Å²) in [4.78, 5) is 20.8. The van der Waals surface area contributed by atoms with Gasteiger partial charge in [0.1, 0.15) is 0 Å². The number of piperazine rings is 1. The number of hydrogen-bond acceptors (Lipinski definition) is 4. The maximum absolute atomic E-state index is 12.3. The number of rotatable bonds is 4. The summed E-state index contributed by atoms with van der Waals surface area (Å²) < 4.78 is 7.43. The van der Waals surface area contributed by atoms with E-state index in [0.717, 1.165) is 52.2 Å². The van der Waals surface area contributed by atoms with Gasteiger partial charge in [-0.2, -0.15) is 0 Å². The Morgan fingerprint density at radius 1 is 1.30 bits per heavy atom. The first-order valence-electron chi connectivity index (χ1n) is 8.56. The lowest BCUT2D eigenvalue weighted by molar-refractivity contribution is 0.0187.